The van der Waals surface area contributed by atoms with Crippen LogP contribution in [0.1, 0.15) is 76.3 Å². The molecular weight excluding hydrogens is 348 g/mol. The first-order chi connectivity index (χ1) is 13.4. The van der Waals surface area contributed by atoms with Gasteiger partial charge in [-0.25, -0.2) is 0 Å². The second-order valence-corrected chi connectivity index (χ2v) is 7.46. The molecule has 2 aromatic carbocycles. The van der Waals surface area contributed by atoms with Gasteiger partial charge in [0.15, 0.2) is 0 Å². The number of amides is 2. The van der Waals surface area contributed by atoms with Crippen LogP contribution in [0.4, 0.5) is 11.4 Å². The molecule has 28 heavy (non-hydrogen) atoms. The highest BCUT2D eigenvalue weighted by molar-refractivity contribution is 5.96. The maximum absolute atomic E-state index is 12.1. The van der Waals surface area contributed by atoms with Gasteiger partial charge in [-0.1, -0.05) is 52.0 Å². The Morgan fingerprint density at radius 2 is 1.00 bits per heavy atom. The lowest BCUT2D eigenvalue weighted by atomic mass is 9.98. The maximum Gasteiger partial charge on any atom is 0.224 e. The second kappa shape index (κ2) is 10.6. The molecular formula is C24H32N2O2. The Bertz CT molecular complexity index is 699. The Balaban J connectivity index is 1.78. The summed E-state index contributed by atoms with van der Waals surface area (Å²) < 4.78 is 0. The zero-order chi connectivity index (χ0) is 20.5. The Kier molecular flexibility index (Phi) is 8.24. The SMILES string of the molecule is CC[C@H](C)c1ccc(NC(=O)CCC(=O)Nc2ccc([C@@H](C)CC)cc2)cc1. The molecule has 0 fully saturated rings. The van der Waals surface area contributed by atoms with Crippen molar-refractivity contribution in [2.75, 3.05) is 10.6 Å². The van der Waals surface area contributed by atoms with Gasteiger partial charge in [0.05, 0.1) is 0 Å². The Labute approximate surface area is 168 Å². The van der Waals surface area contributed by atoms with Crippen molar-refractivity contribution in [2.24, 2.45) is 0 Å². The van der Waals surface area contributed by atoms with E-state index in [1.165, 1.54) is 11.1 Å². The molecule has 0 aliphatic rings. The molecule has 150 valence electrons. The smallest absolute Gasteiger partial charge is 0.224 e. The van der Waals surface area contributed by atoms with Crippen LogP contribution in [0, 0.1) is 0 Å². The van der Waals surface area contributed by atoms with E-state index in [1.807, 2.05) is 48.5 Å². The third-order valence-electron chi connectivity index (χ3n) is 5.33. The molecule has 4 heteroatoms. The van der Waals surface area contributed by atoms with Crippen LogP contribution in [-0.4, -0.2) is 11.8 Å². The van der Waals surface area contributed by atoms with Crippen LogP contribution in [0.25, 0.3) is 0 Å². The van der Waals surface area contributed by atoms with Crippen LogP contribution in [0.15, 0.2) is 48.5 Å². The molecule has 2 aromatic rings. The molecule has 0 spiro atoms. The fraction of sp³-hybridized carbons (Fsp3) is 0.417. The highest BCUT2D eigenvalue weighted by atomic mass is 16.2. The number of hydrogen-bond donors (Lipinski definition) is 2. The summed E-state index contributed by atoms with van der Waals surface area (Å²) in [4.78, 5) is 24.2. The van der Waals surface area contributed by atoms with E-state index in [1.54, 1.807) is 0 Å². The van der Waals surface area contributed by atoms with Crippen molar-refractivity contribution in [3.63, 3.8) is 0 Å². The highest BCUT2D eigenvalue weighted by Crippen LogP contribution is 2.21. The van der Waals surface area contributed by atoms with Gasteiger partial charge in [-0.2, -0.15) is 0 Å². The van der Waals surface area contributed by atoms with E-state index in [-0.39, 0.29) is 24.7 Å². The van der Waals surface area contributed by atoms with Gasteiger partial charge in [-0.05, 0) is 60.1 Å². The predicted molar refractivity (Wildman–Crippen MR) is 117 cm³/mol. The van der Waals surface area contributed by atoms with Crippen LogP contribution in [0.5, 0.6) is 0 Å². The van der Waals surface area contributed by atoms with Gasteiger partial charge >= 0.3 is 0 Å². The van der Waals surface area contributed by atoms with Gasteiger partial charge in [0.25, 0.3) is 0 Å². The number of carbonyl (C=O) groups is 2. The van der Waals surface area contributed by atoms with Crippen molar-refractivity contribution in [2.45, 2.75) is 65.2 Å². The summed E-state index contributed by atoms with van der Waals surface area (Å²) in [6.07, 6.45) is 2.48. The van der Waals surface area contributed by atoms with Gasteiger partial charge in [-0.15, -0.1) is 0 Å². The van der Waals surface area contributed by atoms with Gasteiger partial charge in [-0.3, -0.25) is 9.59 Å². The molecule has 0 aromatic heterocycles. The Morgan fingerprint density at radius 1 is 0.679 bits per heavy atom. The first-order valence-electron chi connectivity index (χ1n) is 10.2. The van der Waals surface area contributed by atoms with E-state index in [0.29, 0.717) is 11.8 Å². The number of anilines is 2. The van der Waals surface area contributed by atoms with Crippen LogP contribution in [-0.2, 0) is 9.59 Å². The van der Waals surface area contributed by atoms with Crippen molar-refractivity contribution in [3.05, 3.63) is 59.7 Å². The van der Waals surface area contributed by atoms with Gasteiger partial charge in [0, 0.05) is 24.2 Å². The Morgan fingerprint density at radius 3 is 1.29 bits per heavy atom. The summed E-state index contributed by atoms with van der Waals surface area (Å²) in [5.74, 6) is 0.706. The standard InChI is InChI=1S/C24H32N2O2/c1-5-17(3)19-7-11-21(12-8-19)25-23(27)15-16-24(28)26-22-13-9-20(10-14-22)18(4)6-2/h7-14,17-18H,5-6,15-16H2,1-4H3,(H,25,27)(H,26,28)/t17-,18-/m0/s1. The maximum atomic E-state index is 12.1. The Hall–Kier alpha value is -2.62. The summed E-state index contributed by atoms with van der Waals surface area (Å²) >= 11 is 0. The van der Waals surface area contributed by atoms with Crippen LogP contribution < -0.4 is 10.6 Å². The number of nitrogens with one attached hydrogen (secondary N) is 2. The second-order valence-electron chi connectivity index (χ2n) is 7.46. The molecule has 2 amide bonds. The normalized spacial score (nSPS) is 12.9. The molecule has 0 saturated heterocycles. The van der Waals surface area contributed by atoms with Crippen molar-refractivity contribution in [3.8, 4) is 0 Å². The molecule has 4 nitrogen and oxygen atoms in total. The minimum atomic E-state index is -0.154. The third-order valence-corrected chi connectivity index (χ3v) is 5.33. The average Bonchev–Trinajstić information content (AvgIpc) is 2.72. The van der Waals surface area contributed by atoms with Gasteiger partial charge in [0.1, 0.15) is 0 Å². The lowest BCUT2D eigenvalue weighted by Crippen LogP contribution is -2.17. The first-order valence-corrected chi connectivity index (χ1v) is 10.2. The van der Waals surface area contributed by atoms with E-state index in [0.717, 1.165) is 24.2 Å². The first kappa shape index (κ1) is 21.7. The summed E-state index contributed by atoms with van der Waals surface area (Å²) in [6.45, 7) is 8.69. The minimum Gasteiger partial charge on any atom is -0.326 e. The number of hydrogen-bond acceptors (Lipinski definition) is 2. The third kappa shape index (κ3) is 6.52. The summed E-state index contributed by atoms with van der Waals surface area (Å²) in [6, 6.07) is 15.8. The molecule has 2 N–H and O–H groups in total. The average molecular weight is 381 g/mol. The van der Waals surface area contributed by atoms with E-state index >= 15 is 0 Å². The summed E-state index contributed by atoms with van der Waals surface area (Å²) in [5.41, 5.74) is 4.05. The number of rotatable bonds is 9. The van der Waals surface area contributed by atoms with Crippen LogP contribution in [0.3, 0.4) is 0 Å². The molecule has 0 aliphatic heterocycles. The van der Waals surface area contributed by atoms with Crippen molar-refractivity contribution in [1.29, 1.82) is 0 Å². The zero-order valence-corrected chi connectivity index (χ0v) is 17.4. The van der Waals surface area contributed by atoms with E-state index in [2.05, 4.69) is 38.3 Å². The van der Waals surface area contributed by atoms with Crippen LogP contribution in [0.2, 0.25) is 0 Å². The zero-order valence-electron chi connectivity index (χ0n) is 17.4. The largest absolute Gasteiger partial charge is 0.326 e. The quantitative estimate of drug-likeness (QED) is 0.554. The molecule has 0 radical (unpaired) electrons. The molecule has 0 bridgehead atoms. The highest BCUT2D eigenvalue weighted by Gasteiger charge is 2.09. The molecule has 2 rings (SSSR count). The molecule has 0 heterocycles. The fourth-order valence-electron chi connectivity index (χ4n) is 2.94. The van der Waals surface area contributed by atoms with E-state index in [4.69, 9.17) is 0 Å². The van der Waals surface area contributed by atoms with E-state index in [9.17, 15) is 9.59 Å². The van der Waals surface area contributed by atoms with Crippen LogP contribution >= 0.6 is 0 Å². The minimum absolute atomic E-state index is 0.154. The van der Waals surface area contributed by atoms with E-state index < -0.39 is 0 Å². The number of benzene rings is 2. The molecule has 0 saturated carbocycles. The van der Waals surface area contributed by atoms with Crippen molar-refractivity contribution >= 4 is 23.2 Å². The lowest BCUT2D eigenvalue weighted by Gasteiger charge is -2.11. The fourth-order valence-corrected chi connectivity index (χ4v) is 2.94. The monoisotopic (exact) mass is 380 g/mol. The molecule has 0 aliphatic carbocycles. The van der Waals surface area contributed by atoms with Gasteiger partial charge in [0.2, 0.25) is 11.8 Å². The van der Waals surface area contributed by atoms with Crippen molar-refractivity contribution < 1.29 is 9.59 Å². The molecule has 2 atom stereocenters. The van der Waals surface area contributed by atoms with Crippen molar-refractivity contribution in [1.82, 2.24) is 0 Å². The van der Waals surface area contributed by atoms with Gasteiger partial charge < -0.3 is 10.6 Å². The molecule has 0 unspecified atom stereocenters. The predicted octanol–water partition coefficient (Wildman–Crippen LogP) is 6.07. The number of carbonyl (C=O) groups excluding carboxylic acids is 2. The summed E-state index contributed by atoms with van der Waals surface area (Å²) in [7, 11) is 0. The topological polar surface area (TPSA) is 58.2 Å². The summed E-state index contributed by atoms with van der Waals surface area (Å²) in [5, 5.41) is 5.71. The lowest BCUT2D eigenvalue weighted by molar-refractivity contribution is -0.121.